The van der Waals surface area contributed by atoms with Crippen LogP contribution < -0.4 is 0 Å². The highest BCUT2D eigenvalue weighted by atomic mass is 35.5. The molecule has 0 amide bonds. The molecular formula is C11H16ClF3O2. The van der Waals surface area contributed by atoms with Gasteiger partial charge in [0.25, 0.3) is 0 Å². The Bertz CT molecular complexity index is 275. The molecule has 0 radical (unpaired) electrons. The van der Waals surface area contributed by atoms with Gasteiger partial charge in [0.1, 0.15) is 11.0 Å². The number of carbonyl (C=O) groups is 1. The minimum Gasteiger partial charge on any atom is -0.461 e. The van der Waals surface area contributed by atoms with E-state index in [4.69, 9.17) is 16.3 Å². The third-order valence-corrected chi connectivity index (χ3v) is 3.05. The highest BCUT2D eigenvalue weighted by molar-refractivity contribution is 6.33. The molecule has 1 fully saturated rings. The van der Waals surface area contributed by atoms with E-state index in [1.165, 1.54) is 13.8 Å². The second-order valence-electron chi connectivity index (χ2n) is 4.89. The van der Waals surface area contributed by atoms with Crippen molar-refractivity contribution in [3.05, 3.63) is 0 Å². The van der Waals surface area contributed by atoms with E-state index in [-0.39, 0.29) is 25.7 Å². The molecule has 0 aromatic heterocycles. The van der Waals surface area contributed by atoms with Crippen molar-refractivity contribution in [1.82, 2.24) is 0 Å². The summed E-state index contributed by atoms with van der Waals surface area (Å²) in [7, 11) is 0. The van der Waals surface area contributed by atoms with Crippen LogP contribution in [0.5, 0.6) is 0 Å². The SMILES string of the molecule is CC(C)(Cl)C(=O)O[C@H]1CC[C@H](C(F)(F)F)CC1. The van der Waals surface area contributed by atoms with Gasteiger partial charge < -0.3 is 4.74 Å². The zero-order chi connectivity index (χ0) is 13.3. The van der Waals surface area contributed by atoms with Crippen LogP contribution in [0.3, 0.4) is 0 Å². The van der Waals surface area contributed by atoms with Gasteiger partial charge in [-0.15, -0.1) is 11.6 Å². The van der Waals surface area contributed by atoms with E-state index in [1.54, 1.807) is 0 Å². The summed E-state index contributed by atoms with van der Waals surface area (Å²) in [6.45, 7) is 3.00. The molecule has 0 saturated heterocycles. The molecule has 6 heteroatoms. The minimum atomic E-state index is -4.14. The van der Waals surface area contributed by atoms with Crippen LogP contribution in [0.15, 0.2) is 0 Å². The zero-order valence-electron chi connectivity index (χ0n) is 9.81. The fourth-order valence-electron chi connectivity index (χ4n) is 1.80. The average molecular weight is 273 g/mol. The van der Waals surface area contributed by atoms with Crippen LogP contribution in [-0.4, -0.2) is 23.1 Å². The Kier molecular flexibility index (Phi) is 4.33. The molecule has 0 aromatic carbocycles. The first-order valence-corrected chi connectivity index (χ1v) is 5.95. The number of esters is 1. The van der Waals surface area contributed by atoms with Crippen LogP contribution in [0.1, 0.15) is 39.5 Å². The lowest BCUT2D eigenvalue weighted by molar-refractivity contribution is -0.189. The molecule has 0 aliphatic heterocycles. The van der Waals surface area contributed by atoms with Crippen molar-refractivity contribution in [2.75, 3.05) is 0 Å². The van der Waals surface area contributed by atoms with Crippen LogP contribution in [0.2, 0.25) is 0 Å². The topological polar surface area (TPSA) is 26.3 Å². The van der Waals surface area contributed by atoms with Gasteiger partial charge in [0.15, 0.2) is 0 Å². The summed E-state index contributed by atoms with van der Waals surface area (Å²) in [5, 5.41) is 0. The molecule has 1 aliphatic rings. The fraction of sp³-hybridized carbons (Fsp3) is 0.909. The Morgan fingerprint density at radius 2 is 1.65 bits per heavy atom. The van der Waals surface area contributed by atoms with E-state index >= 15 is 0 Å². The Balaban J connectivity index is 2.41. The fourth-order valence-corrected chi connectivity index (χ4v) is 1.84. The highest BCUT2D eigenvalue weighted by Crippen LogP contribution is 2.38. The Morgan fingerprint density at radius 3 is 2.00 bits per heavy atom. The standard InChI is InChI=1S/C11H16ClF3O2/c1-10(2,12)9(16)17-8-5-3-7(4-6-8)11(13,14)15/h7-8H,3-6H2,1-2H3/t7-,8-. The van der Waals surface area contributed by atoms with Gasteiger partial charge in [0.05, 0.1) is 5.92 Å². The third-order valence-electron chi connectivity index (χ3n) is 2.90. The first-order valence-electron chi connectivity index (χ1n) is 5.57. The van der Waals surface area contributed by atoms with Gasteiger partial charge >= 0.3 is 12.1 Å². The van der Waals surface area contributed by atoms with Crippen LogP contribution in [-0.2, 0) is 9.53 Å². The number of carbonyl (C=O) groups excluding carboxylic acids is 1. The van der Waals surface area contributed by atoms with Crippen LogP contribution in [0.25, 0.3) is 0 Å². The molecule has 1 rings (SSSR count). The number of rotatable bonds is 2. The normalized spacial score (nSPS) is 26.7. The van der Waals surface area contributed by atoms with E-state index < -0.39 is 29.0 Å². The van der Waals surface area contributed by atoms with E-state index in [2.05, 4.69) is 0 Å². The van der Waals surface area contributed by atoms with Crippen molar-refractivity contribution in [2.45, 2.75) is 56.7 Å². The maximum atomic E-state index is 12.4. The maximum Gasteiger partial charge on any atom is 0.391 e. The molecule has 1 aliphatic carbocycles. The first-order chi connectivity index (χ1) is 7.60. The molecule has 0 spiro atoms. The van der Waals surface area contributed by atoms with Crippen LogP contribution in [0.4, 0.5) is 13.2 Å². The molecular weight excluding hydrogens is 257 g/mol. The van der Waals surface area contributed by atoms with Gasteiger partial charge in [0.2, 0.25) is 0 Å². The first kappa shape index (κ1) is 14.6. The number of ether oxygens (including phenoxy) is 1. The van der Waals surface area contributed by atoms with Crippen LogP contribution in [0, 0.1) is 5.92 Å². The Labute approximate surface area is 103 Å². The molecule has 17 heavy (non-hydrogen) atoms. The lowest BCUT2D eigenvalue weighted by Crippen LogP contribution is -2.35. The predicted molar refractivity (Wildman–Crippen MR) is 57.8 cm³/mol. The zero-order valence-corrected chi connectivity index (χ0v) is 10.6. The van der Waals surface area contributed by atoms with Crippen molar-refractivity contribution < 1.29 is 22.7 Å². The second-order valence-corrected chi connectivity index (χ2v) is 5.84. The van der Waals surface area contributed by atoms with Gasteiger partial charge in [-0.3, -0.25) is 4.79 Å². The monoisotopic (exact) mass is 272 g/mol. The van der Waals surface area contributed by atoms with Crippen LogP contribution >= 0.6 is 11.6 Å². The van der Waals surface area contributed by atoms with E-state index in [0.717, 1.165) is 0 Å². The minimum absolute atomic E-state index is 0.0180. The van der Waals surface area contributed by atoms with E-state index in [0.29, 0.717) is 0 Å². The Hall–Kier alpha value is -0.450. The number of hydrogen-bond donors (Lipinski definition) is 0. The Morgan fingerprint density at radius 1 is 1.18 bits per heavy atom. The van der Waals surface area contributed by atoms with Gasteiger partial charge in [0, 0.05) is 0 Å². The molecule has 0 aromatic rings. The summed E-state index contributed by atoms with van der Waals surface area (Å²) in [5.41, 5.74) is 0. The van der Waals surface area contributed by atoms with Gasteiger partial charge in [-0.2, -0.15) is 13.2 Å². The maximum absolute atomic E-state index is 12.4. The molecule has 0 atom stereocenters. The summed E-state index contributed by atoms with van der Waals surface area (Å²) in [6, 6.07) is 0. The molecule has 0 N–H and O–H groups in total. The predicted octanol–water partition coefficient (Wildman–Crippen LogP) is 3.67. The summed E-state index contributed by atoms with van der Waals surface area (Å²) < 4.78 is 42.3. The van der Waals surface area contributed by atoms with Gasteiger partial charge in [-0.25, -0.2) is 0 Å². The summed E-state index contributed by atoms with van der Waals surface area (Å²) >= 11 is 5.75. The van der Waals surface area contributed by atoms with Crippen molar-refractivity contribution in [3.63, 3.8) is 0 Å². The van der Waals surface area contributed by atoms with Crippen molar-refractivity contribution in [3.8, 4) is 0 Å². The third kappa shape index (κ3) is 4.37. The molecule has 0 heterocycles. The van der Waals surface area contributed by atoms with Crippen molar-refractivity contribution in [2.24, 2.45) is 5.92 Å². The quantitative estimate of drug-likeness (QED) is 0.566. The lowest BCUT2D eigenvalue weighted by atomic mass is 9.87. The van der Waals surface area contributed by atoms with Gasteiger partial charge in [-0.05, 0) is 39.5 Å². The largest absolute Gasteiger partial charge is 0.461 e. The molecule has 100 valence electrons. The van der Waals surface area contributed by atoms with Gasteiger partial charge in [-0.1, -0.05) is 0 Å². The van der Waals surface area contributed by atoms with E-state index in [9.17, 15) is 18.0 Å². The summed E-state index contributed by atoms with van der Waals surface area (Å²) in [5.74, 6) is -1.84. The summed E-state index contributed by atoms with van der Waals surface area (Å²) in [4.78, 5) is 10.3. The molecule has 0 unspecified atom stereocenters. The number of halogens is 4. The molecule has 1 saturated carbocycles. The van der Waals surface area contributed by atoms with Crippen molar-refractivity contribution in [1.29, 1.82) is 0 Å². The van der Waals surface area contributed by atoms with Crippen molar-refractivity contribution >= 4 is 17.6 Å². The lowest BCUT2D eigenvalue weighted by Gasteiger charge is -2.30. The smallest absolute Gasteiger partial charge is 0.391 e. The number of hydrogen-bond acceptors (Lipinski definition) is 2. The highest BCUT2D eigenvalue weighted by Gasteiger charge is 2.42. The van der Waals surface area contributed by atoms with E-state index in [1.807, 2.05) is 0 Å². The summed E-state index contributed by atoms with van der Waals surface area (Å²) in [6.07, 6.45) is -4.03. The second kappa shape index (κ2) is 5.04. The molecule has 2 nitrogen and oxygen atoms in total. The molecule has 0 bridgehead atoms. The number of alkyl halides is 4. The average Bonchev–Trinajstić information content (AvgIpc) is 2.15.